The van der Waals surface area contributed by atoms with Gasteiger partial charge < -0.3 is 9.15 Å². The van der Waals surface area contributed by atoms with Crippen molar-refractivity contribution >= 4 is 33.6 Å². The number of thiazole rings is 1. The fraction of sp³-hybridized carbons (Fsp3) is 0.100. The molecule has 0 spiro atoms. The first-order chi connectivity index (χ1) is 13.6. The number of ether oxygens (including phenoxy) is 1. The average molecular weight is 395 g/mol. The van der Waals surface area contributed by atoms with Crippen molar-refractivity contribution in [2.45, 2.75) is 13.0 Å². The highest BCUT2D eigenvalue weighted by molar-refractivity contribution is 7.19. The Morgan fingerprint density at radius 3 is 2.75 bits per heavy atom. The van der Waals surface area contributed by atoms with Gasteiger partial charge in [-0.15, -0.1) is 21.5 Å². The predicted octanol–water partition coefficient (Wildman–Crippen LogP) is 4.80. The summed E-state index contributed by atoms with van der Waals surface area (Å²) >= 11 is 1.48. The summed E-state index contributed by atoms with van der Waals surface area (Å²) in [6.45, 7) is 1.63. The zero-order valence-electron chi connectivity index (χ0n) is 14.7. The van der Waals surface area contributed by atoms with Gasteiger partial charge in [0.05, 0.1) is 10.2 Å². The number of fused-ring (bicyclic) bond motifs is 1. The molecule has 0 N–H and O–H groups in total. The van der Waals surface area contributed by atoms with Crippen LogP contribution in [0.15, 0.2) is 59.0 Å². The van der Waals surface area contributed by atoms with Crippen LogP contribution in [0.1, 0.15) is 23.9 Å². The molecule has 4 aromatic rings. The van der Waals surface area contributed by atoms with Crippen molar-refractivity contribution in [2.75, 3.05) is 0 Å². The van der Waals surface area contributed by atoms with Gasteiger partial charge in [0, 0.05) is 11.6 Å². The summed E-state index contributed by atoms with van der Waals surface area (Å²) in [5.41, 5.74) is 1.46. The van der Waals surface area contributed by atoms with Gasteiger partial charge in [-0.05, 0) is 49.4 Å². The predicted molar refractivity (Wildman–Crippen MR) is 103 cm³/mol. The highest BCUT2D eigenvalue weighted by atomic mass is 32.1. The third kappa shape index (κ3) is 3.96. The molecule has 0 aliphatic rings. The zero-order valence-corrected chi connectivity index (χ0v) is 15.5. The van der Waals surface area contributed by atoms with E-state index in [1.165, 1.54) is 41.7 Å². The van der Waals surface area contributed by atoms with Gasteiger partial charge in [0.15, 0.2) is 6.10 Å². The largest absolute Gasteiger partial charge is 0.449 e. The molecular weight excluding hydrogens is 381 g/mol. The SMILES string of the molecule is C[C@@H](OC(=O)/C=C/c1nc2ccccc2s1)c1nnc(-c2ccc(F)cc2)o1. The minimum absolute atomic E-state index is 0.154. The number of benzene rings is 2. The topological polar surface area (TPSA) is 78.1 Å². The third-order valence-corrected chi connectivity index (χ3v) is 4.85. The maximum Gasteiger partial charge on any atom is 0.331 e. The average Bonchev–Trinajstić information content (AvgIpc) is 3.34. The van der Waals surface area contributed by atoms with Crippen LogP contribution in [0.2, 0.25) is 0 Å². The molecule has 2 aromatic carbocycles. The van der Waals surface area contributed by atoms with Gasteiger partial charge in [-0.3, -0.25) is 0 Å². The Hall–Kier alpha value is -3.39. The molecule has 2 aromatic heterocycles. The fourth-order valence-electron chi connectivity index (χ4n) is 2.47. The Balaban J connectivity index is 1.41. The number of esters is 1. The molecule has 0 aliphatic carbocycles. The minimum Gasteiger partial charge on any atom is -0.449 e. The Bertz CT molecular complexity index is 1120. The molecule has 0 fully saturated rings. The second-order valence-electron chi connectivity index (χ2n) is 5.88. The Kier molecular flexibility index (Phi) is 4.94. The number of halogens is 1. The van der Waals surface area contributed by atoms with Gasteiger partial charge in [0.2, 0.25) is 5.89 Å². The Labute approximate surface area is 163 Å². The summed E-state index contributed by atoms with van der Waals surface area (Å²) in [7, 11) is 0. The van der Waals surface area contributed by atoms with E-state index in [2.05, 4.69) is 15.2 Å². The van der Waals surface area contributed by atoms with Crippen LogP contribution in [0.4, 0.5) is 4.39 Å². The van der Waals surface area contributed by atoms with E-state index < -0.39 is 12.1 Å². The smallest absolute Gasteiger partial charge is 0.331 e. The number of carbonyl (C=O) groups excluding carboxylic acids is 1. The first kappa shape index (κ1) is 18.0. The molecule has 2 heterocycles. The molecule has 0 unspecified atom stereocenters. The molecule has 0 amide bonds. The van der Waals surface area contributed by atoms with Crippen LogP contribution >= 0.6 is 11.3 Å². The second-order valence-corrected chi connectivity index (χ2v) is 6.95. The van der Waals surface area contributed by atoms with Crippen LogP contribution < -0.4 is 0 Å². The summed E-state index contributed by atoms with van der Waals surface area (Å²) in [5, 5.41) is 8.51. The minimum atomic E-state index is -0.728. The number of nitrogens with zero attached hydrogens (tertiary/aromatic N) is 3. The third-order valence-electron chi connectivity index (χ3n) is 3.84. The molecule has 6 nitrogen and oxygen atoms in total. The van der Waals surface area contributed by atoms with Gasteiger partial charge in [-0.2, -0.15) is 0 Å². The maximum absolute atomic E-state index is 13.0. The number of hydrogen-bond donors (Lipinski definition) is 0. The van der Waals surface area contributed by atoms with E-state index >= 15 is 0 Å². The summed E-state index contributed by atoms with van der Waals surface area (Å²) in [6, 6.07) is 13.4. The lowest BCUT2D eigenvalue weighted by atomic mass is 10.2. The monoisotopic (exact) mass is 395 g/mol. The van der Waals surface area contributed by atoms with Gasteiger partial charge in [-0.1, -0.05) is 12.1 Å². The molecule has 1 atom stereocenters. The van der Waals surface area contributed by atoms with Crippen LogP contribution in [-0.4, -0.2) is 21.2 Å². The molecular formula is C20H14FN3O3S. The number of aromatic nitrogens is 3. The number of para-hydroxylation sites is 1. The van der Waals surface area contributed by atoms with Gasteiger partial charge in [0.1, 0.15) is 10.8 Å². The Morgan fingerprint density at radius 1 is 1.18 bits per heavy atom. The van der Waals surface area contributed by atoms with Gasteiger partial charge >= 0.3 is 5.97 Å². The van der Waals surface area contributed by atoms with E-state index in [1.807, 2.05) is 24.3 Å². The van der Waals surface area contributed by atoms with Crippen molar-refractivity contribution in [3.8, 4) is 11.5 Å². The van der Waals surface area contributed by atoms with E-state index in [4.69, 9.17) is 9.15 Å². The van der Waals surface area contributed by atoms with Crippen LogP contribution in [0, 0.1) is 5.82 Å². The fourth-order valence-corrected chi connectivity index (χ4v) is 3.34. The van der Waals surface area contributed by atoms with Crippen molar-refractivity contribution in [3.63, 3.8) is 0 Å². The van der Waals surface area contributed by atoms with Crippen molar-refractivity contribution < 1.29 is 18.3 Å². The summed E-state index contributed by atoms with van der Waals surface area (Å²) in [4.78, 5) is 16.5. The van der Waals surface area contributed by atoms with Crippen LogP contribution in [-0.2, 0) is 9.53 Å². The van der Waals surface area contributed by atoms with Gasteiger partial charge in [-0.25, -0.2) is 14.2 Å². The molecule has 0 bridgehead atoms. The quantitative estimate of drug-likeness (QED) is 0.357. The molecule has 0 aliphatic heterocycles. The molecule has 140 valence electrons. The molecule has 8 heteroatoms. The van der Waals surface area contributed by atoms with Crippen LogP contribution in [0.5, 0.6) is 0 Å². The van der Waals surface area contributed by atoms with E-state index in [0.717, 1.165) is 10.2 Å². The van der Waals surface area contributed by atoms with Gasteiger partial charge in [0.25, 0.3) is 5.89 Å². The maximum atomic E-state index is 13.0. The highest BCUT2D eigenvalue weighted by Gasteiger charge is 2.18. The molecule has 0 saturated carbocycles. The normalized spacial score (nSPS) is 12.5. The second kappa shape index (κ2) is 7.69. The van der Waals surface area contributed by atoms with E-state index in [9.17, 15) is 9.18 Å². The first-order valence-electron chi connectivity index (χ1n) is 8.42. The summed E-state index contributed by atoms with van der Waals surface area (Å²) in [6.07, 6.45) is 2.19. The van der Waals surface area contributed by atoms with E-state index in [1.54, 1.807) is 13.0 Å². The van der Waals surface area contributed by atoms with Crippen LogP contribution in [0.25, 0.3) is 27.7 Å². The van der Waals surface area contributed by atoms with Crippen LogP contribution in [0.3, 0.4) is 0 Å². The Morgan fingerprint density at radius 2 is 1.96 bits per heavy atom. The highest BCUT2D eigenvalue weighted by Crippen LogP contribution is 2.24. The van der Waals surface area contributed by atoms with Crippen molar-refractivity contribution in [1.29, 1.82) is 0 Å². The number of rotatable bonds is 5. The first-order valence-corrected chi connectivity index (χ1v) is 9.24. The molecule has 0 radical (unpaired) electrons. The standard InChI is InChI=1S/C20H14FN3O3S/c1-12(19-23-24-20(27-19)13-6-8-14(21)9-7-13)26-18(25)11-10-17-22-15-4-2-3-5-16(15)28-17/h2-12H,1H3/b11-10+/t12-/m1/s1. The van der Waals surface area contributed by atoms with Crippen molar-refractivity contribution in [3.05, 3.63) is 71.3 Å². The van der Waals surface area contributed by atoms with Crippen molar-refractivity contribution in [1.82, 2.24) is 15.2 Å². The zero-order chi connectivity index (χ0) is 19.5. The molecule has 0 saturated heterocycles. The lowest BCUT2D eigenvalue weighted by Crippen LogP contribution is -2.06. The molecule has 4 rings (SSSR count). The molecule has 28 heavy (non-hydrogen) atoms. The van der Waals surface area contributed by atoms with E-state index in [0.29, 0.717) is 10.6 Å². The van der Waals surface area contributed by atoms with Crippen molar-refractivity contribution in [2.24, 2.45) is 0 Å². The number of carbonyl (C=O) groups is 1. The van der Waals surface area contributed by atoms with E-state index in [-0.39, 0.29) is 17.6 Å². The number of hydrogen-bond acceptors (Lipinski definition) is 7. The summed E-state index contributed by atoms with van der Waals surface area (Å²) < 4.78 is 24.9. The lowest BCUT2D eigenvalue weighted by Gasteiger charge is -2.06. The lowest BCUT2D eigenvalue weighted by molar-refractivity contribution is -0.143. The summed E-state index contributed by atoms with van der Waals surface area (Å²) in [5.74, 6) is -0.525.